The van der Waals surface area contributed by atoms with E-state index >= 15 is 17.6 Å². The number of carbonyl (C=O) groups is 4. The number of morpholine rings is 2. The Bertz CT molecular complexity index is 5710. The Balaban J connectivity index is 0.000000134. The van der Waals surface area contributed by atoms with Crippen LogP contribution >= 0.6 is 0 Å². The quantitative estimate of drug-likeness (QED) is 0.0201. The van der Waals surface area contributed by atoms with Gasteiger partial charge in [0, 0.05) is 217 Å². The first kappa shape index (κ1) is 91.3. The molecule has 2 aromatic carbocycles. The van der Waals surface area contributed by atoms with Crippen molar-refractivity contribution >= 4 is 81.3 Å². The number of allylic oxidation sites excluding steroid dienone is 4. The van der Waals surface area contributed by atoms with E-state index in [1.165, 1.54) is 11.8 Å². The molecule has 0 bridgehead atoms. The van der Waals surface area contributed by atoms with E-state index in [4.69, 9.17) is 14.5 Å². The number of hydrogen-bond donors (Lipinski definition) is 9. The van der Waals surface area contributed by atoms with Crippen LogP contribution in [0.2, 0.25) is 0 Å². The number of aromatic amines is 1. The summed E-state index contributed by atoms with van der Waals surface area (Å²) in [5, 5.41) is 28.3. The monoisotopic (exact) mass is 1780 g/mol. The Labute approximate surface area is 755 Å². The number of likely N-dealkylation sites (N-methyl/N-ethyl adjacent to an activating group) is 2. The summed E-state index contributed by atoms with van der Waals surface area (Å²) < 4.78 is 74.1. The number of likely N-dealkylation sites (tertiary alicyclic amines) is 4. The first-order valence-electron chi connectivity index (χ1n) is 44.4. The van der Waals surface area contributed by atoms with Crippen LogP contribution in [0, 0.1) is 30.2 Å². The molecule has 18 rings (SSSR count). The Hall–Kier alpha value is -13.5. The maximum absolute atomic E-state index is 15.5. The minimum Gasteiger partial charge on any atom is -0.378 e. The number of amides is 4. The third kappa shape index (κ3) is 19.7. The van der Waals surface area contributed by atoms with Gasteiger partial charge >= 0.3 is 0 Å². The smallest absolute Gasteiger partial charge is 0.255 e. The lowest BCUT2D eigenvalue weighted by Gasteiger charge is -2.43. The molecule has 684 valence electrons. The van der Waals surface area contributed by atoms with E-state index in [-0.39, 0.29) is 113 Å². The lowest BCUT2D eigenvalue weighted by molar-refractivity contribution is 0.0958. The zero-order valence-electron chi connectivity index (χ0n) is 74.8. The minimum atomic E-state index is -0.573. The van der Waals surface area contributed by atoms with E-state index in [0.29, 0.717) is 102 Å². The number of imidazole rings is 1. The molecule has 130 heavy (non-hydrogen) atoms. The Kier molecular flexibility index (Phi) is 28.1. The molecule has 9 N–H and O–H groups in total. The van der Waals surface area contributed by atoms with Crippen molar-refractivity contribution in [3.8, 4) is 22.6 Å². The number of H-pyrrole nitrogens is 1. The predicted octanol–water partition coefficient (Wildman–Crippen LogP) is 13.2. The molecule has 4 amide bonds. The van der Waals surface area contributed by atoms with Crippen LogP contribution in [0.25, 0.3) is 22.6 Å². The van der Waals surface area contributed by atoms with Crippen LogP contribution in [0.5, 0.6) is 0 Å². The van der Waals surface area contributed by atoms with E-state index in [2.05, 4.69) is 174 Å². The highest BCUT2D eigenvalue weighted by atomic mass is 19.1. The molecule has 10 aliphatic heterocycles. The number of nitrogens with zero attached hydrogens (tertiary/aromatic N) is 15. The van der Waals surface area contributed by atoms with Crippen molar-refractivity contribution in [3.05, 3.63) is 240 Å². The average molecular weight is 1780 g/mol. The number of aryl methyl sites for hydroxylation is 2. The van der Waals surface area contributed by atoms with Gasteiger partial charge in [-0.2, -0.15) is 5.10 Å². The van der Waals surface area contributed by atoms with Gasteiger partial charge in [-0.05, 0) is 151 Å². The molecule has 30 nitrogen and oxygen atoms in total. The van der Waals surface area contributed by atoms with Crippen molar-refractivity contribution in [1.82, 2.24) is 80.6 Å². The molecule has 6 saturated heterocycles. The maximum atomic E-state index is 15.5. The SMILES string of the molecule is C=CC(=C)N1CCC[C@@H](N(C)c2nc(-c3cnc(C)[nH]3)c3c(c2F)CNC3=O)C1.C=CC(=C)N1CCC[C@@H](Nc2cc3c(c(Nc4ccc(N5CCOCC5)cc4)n2)C(=O)NC3)C1.C=CC(=C)N1CCC[C@@H](Nc2nc(Nc3ccc(N4CCOC[C@@H]4C)cc3F)c3c(c2F)CNC3=O)C1.C=CC(=C)N1C[C@H](N(C)c2nc(-c3cnn(C)c3)c3c(c2F)CNC3=O)CC[C@H]1C. The van der Waals surface area contributed by atoms with Gasteiger partial charge in [0.1, 0.15) is 34.8 Å². The Morgan fingerprint density at radius 3 is 1.68 bits per heavy atom. The van der Waals surface area contributed by atoms with Crippen LogP contribution in [0.3, 0.4) is 0 Å². The van der Waals surface area contributed by atoms with Crippen LogP contribution in [-0.2, 0) is 42.7 Å². The summed E-state index contributed by atoms with van der Waals surface area (Å²) in [6, 6.07) is 15.9. The largest absolute Gasteiger partial charge is 0.378 e. The summed E-state index contributed by atoms with van der Waals surface area (Å²) in [4.78, 5) is 92.5. The number of benzene rings is 2. The summed E-state index contributed by atoms with van der Waals surface area (Å²) in [5.74, 6) is -0.373. The average Bonchev–Trinajstić information content (AvgIpc) is 1.94. The van der Waals surface area contributed by atoms with Crippen molar-refractivity contribution in [2.75, 3.05) is 147 Å². The third-order valence-corrected chi connectivity index (χ3v) is 25.8. The molecule has 0 aliphatic carbocycles. The number of aromatic nitrogens is 8. The van der Waals surface area contributed by atoms with Crippen molar-refractivity contribution < 1.29 is 46.2 Å². The van der Waals surface area contributed by atoms with Crippen LogP contribution in [0.1, 0.15) is 135 Å². The molecule has 6 aromatic heterocycles. The van der Waals surface area contributed by atoms with Crippen LogP contribution < -0.4 is 62.1 Å². The highest BCUT2D eigenvalue weighted by Gasteiger charge is 2.39. The van der Waals surface area contributed by atoms with Gasteiger partial charge in [0.15, 0.2) is 34.9 Å². The fraction of sp³-hybridized carbons (Fsp3) is 0.396. The number of carbonyl (C=O) groups excluding carboxylic acids is 4. The van der Waals surface area contributed by atoms with Crippen molar-refractivity contribution in [2.24, 2.45) is 7.05 Å². The molecular formula is C96H116F4N24O6. The van der Waals surface area contributed by atoms with Gasteiger partial charge in [-0.25, -0.2) is 42.5 Å². The van der Waals surface area contributed by atoms with Gasteiger partial charge < -0.3 is 96.2 Å². The summed E-state index contributed by atoms with van der Waals surface area (Å²) in [7, 11) is 5.52. The van der Waals surface area contributed by atoms with E-state index < -0.39 is 29.2 Å². The second kappa shape index (κ2) is 40.0. The zero-order valence-corrected chi connectivity index (χ0v) is 74.8. The number of fused-ring (bicyclic) bond motifs is 4. The molecule has 34 heteroatoms. The fourth-order valence-corrected chi connectivity index (χ4v) is 18.4. The van der Waals surface area contributed by atoms with Gasteiger partial charge in [-0.1, -0.05) is 52.6 Å². The van der Waals surface area contributed by atoms with Crippen molar-refractivity contribution in [3.63, 3.8) is 0 Å². The topological polar surface area (TPSA) is 307 Å². The molecule has 10 aliphatic rings. The van der Waals surface area contributed by atoms with E-state index in [9.17, 15) is 19.2 Å². The number of ether oxygens (including phenoxy) is 2. The number of halogens is 4. The first-order chi connectivity index (χ1) is 62.7. The normalized spacial score (nSPS) is 20.1. The summed E-state index contributed by atoms with van der Waals surface area (Å²) in [5.41, 5.74) is 11.9. The van der Waals surface area contributed by atoms with Crippen LogP contribution in [0.15, 0.2) is 167 Å². The summed E-state index contributed by atoms with van der Waals surface area (Å²) in [6.45, 7) is 49.2. The van der Waals surface area contributed by atoms with E-state index in [1.807, 2.05) is 62.0 Å². The van der Waals surface area contributed by atoms with Crippen molar-refractivity contribution in [1.29, 1.82) is 0 Å². The molecule has 8 aromatic rings. The van der Waals surface area contributed by atoms with Gasteiger partial charge in [0.2, 0.25) is 0 Å². The maximum Gasteiger partial charge on any atom is 0.255 e. The first-order valence-corrected chi connectivity index (χ1v) is 44.4. The van der Waals surface area contributed by atoms with Gasteiger partial charge in [0.25, 0.3) is 23.6 Å². The van der Waals surface area contributed by atoms with E-state index in [1.54, 1.807) is 60.7 Å². The predicted molar refractivity (Wildman–Crippen MR) is 500 cm³/mol. The Morgan fingerprint density at radius 1 is 0.538 bits per heavy atom. The van der Waals surface area contributed by atoms with Gasteiger partial charge in [-0.15, -0.1) is 0 Å². The van der Waals surface area contributed by atoms with E-state index in [0.717, 1.165) is 156 Å². The number of nitrogens with one attached hydrogen (secondary N) is 9. The minimum absolute atomic E-state index is 0.0352. The lowest BCUT2D eigenvalue weighted by Crippen LogP contribution is -2.49. The number of pyridine rings is 4. The second-order valence-corrected chi connectivity index (χ2v) is 34.3. The van der Waals surface area contributed by atoms with Crippen molar-refractivity contribution in [2.45, 2.75) is 135 Å². The third-order valence-electron chi connectivity index (χ3n) is 25.8. The molecule has 16 heterocycles. The summed E-state index contributed by atoms with van der Waals surface area (Å²) in [6.07, 6.45) is 19.7. The lowest BCUT2D eigenvalue weighted by atomic mass is 9.97. The molecule has 0 unspecified atom stereocenters. The fourth-order valence-electron chi connectivity index (χ4n) is 18.4. The molecular weight excluding hydrogens is 1660 g/mol. The molecule has 6 atom stereocenters. The number of rotatable bonds is 24. The standard InChI is InChI=1S/C27H32F2N6O2.C26H32N6O2.C22H27FN6O.C21H25FN6O/c1-4-16(2)34-9-5-6-18(14-34)31-26-24(29)20-13-30-27(36)23(20)25(33-26)32-22-8-7-19(12-21(22)28)35-10-11-37-15-17(35)3;1-3-18(2)32-10-4-5-21(17-32)28-23-15-19-16-27-26(33)24(19)25(30-23)29-20-6-8-22(9-7-20)31-11-13-34-14-12-31;1-6-13(2)29-12-16(8-7-14(29)3)28(5)21-19(23)17-10-24-22(30)18(17)20(26-21)15-9-25-27(4)11-15;1-5-12(2)28-8-6-7-14(11-28)27(4)20-18(22)15-9-24-21(29)17(15)19(26-20)16-10-23-13(3)25-16/h4,7-8,12,17-18H,1-2,5-6,9-11,13-15H2,3H3,(H,30,36)(H2,31,32,33);3,6-9,15,21H,1-2,4-5,10-14,16-17H2,(H,27,33)(H2,28,29,30);6,9,11,14,16H,1-2,7-8,10,12H2,3-5H3,(H,24,30);5,10,14H,1-2,6-9,11H2,3-4H3,(H,23,25)(H,24,29)/t17-,18+;21-;14-,16-;14-/m0111/s1. The number of anilines is 10. The Morgan fingerprint density at radius 2 is 1.08 bits per heavy atom. The molecule has 0 saturated carbocycles. The highest BCUT2D eigenvalue weighted by molar-refractivity contribution is 6.06. The molecule has 0 radical (unpaired) electrons. The molecule has 0 spiro atoms. The number of piperidine rings is 4. The highest BCUT2D eigenvalue weighted by Crippen LogP contribution is 2.41. The second-order valence-electron chi connectivity index (χ2n) is 34.3. The number of hydrogen-bond acceptors (Lipinski definition) is 24. The summed E-state index contributed by atoms with van der Waals surface area (Å²) >= 11 is 0. The van der Waals surface area contributed by atoms with Gasteiger partial charge in [0.05, 0.1) is 78.2 Å². The molecule has 6 fully saturated rings. The van der Waals surface area contributed by atoms with Crippen LogP contribution in [0.4, 0.5) is 75.2 Å². The van der Waals surface area contributed by atoms with Gasteiger partial charge in [-0.3, -0.25) is 23.9 Å². The van der Waals surface area contributed by atoms with Crippen LogP contribution in [-0.4, -0.2) is 225 Å². The zero-order chi connectivity index (χ0) is 91.9.